The maximum absolute atomic E-state index is 8.99. The third-order valence-electron chi connectivity index (χ3n) is 3.35. The Kier molecular flexibility index (Phi) is 2.72. The summed E-state index contributed by atoms with van der Waals surface area (Å²) in [7, 11) is 1.95. The minimum atomic E-state index is 0.632. The molecular formula is C15H13N5. The number of hydrogen-bond acceptors (Lipinski definition) is 4. The van der Waals surface area contributed by atoms with Crippen molar-refractivity contribution in [1.82, 2.24) is 19.7 Å². The van der Waals surface area contributed by atoms with Crippen LogP contribution in [0.5, 0.6) is 0 Å². The molecular weight excluding hydrogens is 250 g/mol. The van der Waals surface area contributed by atoms with Crippen LogP contribution in [-0.4, -0.2) is 19.7 Å². The Balaban J connectivity index is 2.30. The molecule has 2 aromatic heterocycles. The first-order chi connectivity index (χ1) is 9.60. The Labute approximate surface area is 116 Å². The van der Waals surface area contributed by atoms with Gasteiger partial charge in [0.15, 0.2) is 0 Å². The molecule has 0 saturated carbocycles. The largest absolute Gasteiger partial charge is 0.327 e. The average molecular weight is 263 g/mol. The Bertz CT molecular complexity index is 855. The van der Waals surface area contributed by atoms with Gasteiger partial charge in [-0.05, 0) is 38.1 Å². The van der Waals surface area contributed by atoms with Crippen LogP contribution < -0.4 is 0 Å². The zero-order chi connectivity index (χ0) is 14.3. The summed E-state index contributed by atoms with van der Waals surface area (Å²) in [4.78, 5) is 4.65. The molecule has 0 unspecified atom stereocenters. The normalized spacial score (nSPS) is 10.7. The maximum atomic E-state index is 8.99. The predicted octanol–water partition coefficient (Wildman–Crippen LogP) is 2.52. The van der Waals surface area contributed by atoms with Crippen molar-refractivity contribution in [2.75, 3.05) is 0 Å². The maximum Gasteiger partial charge on any atom is 0.142 e. The van der Waals surface area contributed by atoms with Crippen LogP contribution in [0.2, 0.25) is 0 Å². The van der Waals surface area contributed by atoms with Crippen molar-refractivity contribution >= 4 is 11.0 Å². The van der Waals surface area contributed by atoms with Gasteiger partial charge >= 0.3 is 0 Å². The number of imidazole rings is 1. The second-order valence-electron chi connectivity index (χ2n) is 4.79. The Morgan fingerprint density at radius 1 is 1.15 bits per heavy atom. The summed E-state index contributed by atoms with van der Waals surface area (Å²) in [5.41, 5.74) is 5.11. The molecule has 5 heteroatoms. The topological polar surface area (TPSA) is 67.4 Å². The van der Waals surface area contributed by atoms with Gasteiger partial charge in [-0.25, -0.2) is 4.98 Å². The summed E-state index contributed by atoms with van der Waals surface area (Å²) in [6, 6.07) is 9.63. The molecule has 0 fully saturated rings. The molecule has 3 aromatic rings. The fraction of sp³-hybridized carbons (Fsp3) is 0.200. The average Bonchev–Trinajstić information content (AvgIpc) is 2.78. The van der Waals surface area contributed by atoms with Crippen molar-refractivity contribution in [2.45, 2.75) is 13.8 Å². The van der Waals surface area contributed by atoms with Gasteiger partial charge in [0, 0.05) is 12.6 Å². The molecule has 2 heterocycles. The molecule has 0 atom stereocenters. The van der Waals surface area contributed by atoms with E-state index in [0.29, 0.717) is 5.56 Å². The highest BCUT2D eigenvalue weighted by molar-refractivity contribution is 5.82. The zero-order valence-electron chi connectivity index (χ0n) is 11.5. The number of aryl methyl sites for hydroxylation is 3. The number of fused-ring (bicyclic) bond motifs is 1. The first-order valence-electron chi connectivity index (χ1n) is 6.28. The van der Waals surface area contributed by atoms with E-state index in [1.54, 1.807) is 6.07 Å². The molecule has 0 N–H and O–H groups in total. The highest BCUT2D eigenvalue weighted by Gasteiger charge is 2.13. The van der Waals surface area contributed by atoms with Crippen LogP contribution >= 0.6 is 0 Å². The summed E-state index contributed by atoms with van der Waals surface area (Å²) in [5, 5.41) is 17.2. The first kappa shape index (κ1) is 12.3. The minimum Gasteiger partial charge on any atom is -0.327 e. The second-order valence-corrected chi connectivity index (χ2v) is 4.79. The number of nitriles is 1. The van der Waals surface area contributed by atoms with Crippen molar-refractivity contribution < 1.29 is 0 Å². The number of nitrogens with zero attached hydrogens (tertiary/aromatic N) is 5. The Morgan fingerprint density at radius 3 is 2.70 bits per heavy atom. The lowest BCUT2D eigenvalue weighted by molar-refractivity contribution is 0.915. The predicted molar refractivity (Wildman–Crippen MR) is 75.9 cm³/mol. The molecule has 1 aromatic carbocycles. The van der Waals surface area contributed by atoms with Crippen LogP contribution in [0.25, 0.3) is 22.4 Å². The molecule has 20 heavy (non-hydrogen) atoms. The van der Waals surface area contributed by atoms with E-state index < -0.39 is 0 Å². The van der Waals surface area contributed by atoms with Gasteiger partial charge in [0.25, 0.3) is 0 Å². The standard InChI is InChI=1S/C15H13N5/c1-9-6-12(10(2)19-18-9)15-17-13-5-4-11(8-16)7-14(13)20(15)3/h4-7H,1-3H3. The molecule has 3 rings (SSSR count). The van der Waals surface area contributed by atoms with Gasteiger partial charge in [-0.3, -0.25) is 0 Å². The first-order valence-corrected chi connectivity index (χ1v) is 6.28. The lowest BCUT2D eigenvalue weighted by atomic mass is 10.2. The van der Waals surface area contributed by atoms with E-state index in [0.717, 1.165) is 33.8 Å². The summed E-state index contributed by atoms with van der Waals surface area (Å²) >= 11 is 0. The lowest BCUT2D eigenvalue weighted by Gasteiger charge is -2.05. The van der Waals surface area contributed by atoms with E-state index in [2.05, 4.69) is 21.3 Å². The molecule has 98 valence electrons. The van der Waals surface area contributed by atoms with Crippen LogP contribution in [-0.2, 0) is 7.05 Å². The van der Waals surface area contributed by atoms with Crippen LogP contribution in [0.15, 0.2) is 24.3 Å². The van der Waals surface area contributed by atoms with Crippen LogP contribution in [0.4, 0.5) is 0 Å². The van der Waals surface area contributed by atoms with E-state index in [-0.39, 0.29) is 0 Å². The van der Waals surface area contributed by atoms with Gasteiger partial charge in [0.2, 0.25) is 0 Å². The van der Waals surface area contributed by atoms with Crippen LogP contribution in [0, 0.1) is 25.2 Å². The van der Waals surface area contributed by atoms with Gasteiger partial charge in [0.1, 0.15) is 5.82 Å². The molecule has 0 amide bonds. The number of rotatable bonds is 1. The number of aromatic nitrogens is 4. The quantitative estimate of drug-likeness (QED) is 0.676. The highest BCUT2D eigenvalue weighted by atomic mass is 15.1. The lowest BCUT2D eigenvalue weighted by Crippen LogP contribution is -1.99. The third kappa shape index (κ3) is 1.82. The van der Waals surface area contributed by atoms with Gasteiger partial charge < -0.3 is 4.57 Å². The second kappa shape index (κ2) is 4.42. The van der Waals surface area contributed by atoms with E-state index >= 15 is 0 Å². The highest BCUT2D eigenvalue weighted by Crippen LogP contribution is 2.26. The monoisotopic (exact) mass is 263 g/mol. The summed E-state index contributed by atoms with van der Waals surface area (Å²) in [6.45, 7) is 3.83. The van der Waals surface area contributed by atoms with Gasteiger partial charge in [0.05, 0.1) is 34.1 Å². The number of hydrogen-bond donors (Lipinski definition) is 0. The smallest absolute Gasteiger partial charge is 0.142 e. The molecule has 5 nitrogen and oxygen atoms in total. The van der Waals surface area contributed by atoms with Crippen molar-refractivity contribution in [3.63, 3.8) is 0 Å². The third-order valence-corrected chi connectivity index (χ3v) is 3.35. The van der Waals surface area contributed by atoms with Crippen LogP contribution in [0.3, 0.4) is 0 Å². The molecule has 0 radical (unpaired) electrons. The summed E-state index contributed by atoms with van der Waals surface area (Å²) in [6.07, 6.45) is 0. The van der Waals surface area contributed by atoms with Crippen molar-refractivity contribution in [1.29, 1.82) is 5.26 Å². The Morgan fingerprint density at radius 2 is 1.95 bits per heavy atom. The minimum absolute atomic E-state index is 0.632. The molecule has 0 spiro atoms. The van der Waals surface area contributed by atoms with E-state index in [4.69, 9.17) is 5.26 Å². The molecule has 0 aliphatic carbocycles. The van der Waals surface area contributed by atoms with Crippen molar-refractivity contribution in [3.05, 3.63) is 41.2 Å². The van der Waals surface area contributed by atoms with Crippen molar-refractivity contribution in [3.8, 4) is 17.5 Å². The zero-order valence-corrected chi connectivity index (χ0v) is 11.5. The fourth-order valence-corrected chi connectivity index (χ4v) is 2.28. The number of benzene rings is 1. The van der Waals surface area contributed by atoms with Gasteiger partial charge in [-0.2, -0.15) is 15.5 Å². The summed E-state index contributed by atoms with van der Waals surface area (Å²) in [5.74, 6) is 0.839. The van der Waals surface area contributed by atoms with Crippen LogP contribution in [0.1, 0.15) is 17.0 Å². The van der Waals surface area contributed by atoms with E-state index in [1.165, 1.54) is 0 Å². The van der Waals surface area contributed by atoms with E-state index in [1.807, 2.05) is 43.7 Å². The van der Waals surface area contributed by atoms with Gasteiger partial charge in [-0.1, -0.05) is 0 Å². The van der Waals surface area contributed by atoms with E-state index in [9.17, 15) is 0 Å². The van der Waals surface area contributed by atoms with Crippen molar-refractivity contribution in [2.24, 2.45) is 7.05 Å². The molecule has 0 aliphatic rings. The molecule has 0 aliphatic heterocycles. The van der Waals surface area contributed by atoms with Gasteiger partial charge in [-0.15, -0.1) is 0 Å². The molecule has 0 bridgehead atoms. The summed E-state index contributed by atoms with van der Waals surface area (Å²) < 4.78 is 1.99. The molecule has 0 saturated heterocycles. The SMILES string of the molecule is Cc1cc(-c2nc3ccc(C#N)cc3n2C)c(C)nn1. The fourth-order valence-electron chi connectivity index (χ4n) is 2.28. The Hall–Kier alpha value is -2.74.